The van der Waals surface area contributed by atoms with E-state index in [-0.39, 0.29) is 18.5 Å². The minimum Gasteiger partial charge on any atom is -0.481 e. The molecule has 2 N–H and O–H groups in total. The van der Waals surface area contributed by atoms with Crippen LogP contribution in [0.4, 0.5) is 4.79 Å². The molecule has 9 nitrogen and oxygen atoms in total. The highest BCUT2D eigenvalue weighted by Crippen LogP contribution is 2.29. The first-order valence-electron chi connectivity index (χ1n) is 11.0. The van der Waals surface area contributed by atoms with Crippen molar-refractivity contribution in [3.63, 3.8) is 0 Å². The zero-order valence-electron chi connectivity index (χ0n) is 18.2. The van der Waals surface area contributed by atoms with Gasteiger partial charge in [0.25, 0.3) is 0 Å². The Balaban J connectivity index is 1.34. The first-order chi connectivity index (χ1) is 15.5. The molecule has 0 aromatic carbocycles. The summed E-state index contributed by atoms with van der Waals surface area (Å²) < 4.78 is 5.08. The van der Waals surface area contributed by atoms with Crippen molar-refractivity contribution in [2.24, 2.45) is 4.99 Å². The molecule has 0 spiro atoms. The van der Waals surface area contributed by atoms with Crippen molar-refractivity contribution in [3.8, 4) is 5.88 Å². The van der Waals surface area contributed by atoms with Crippen molar-refractivity contribution in [1.29, 1.82) is 0 Å². The molecule has 3 aliphatic heterocycles. The minimum absolute atomic E-state index is 0.117. The number of carbonyl (C=O) groups is 2. The first-order valence-corrected chi connectivity index (χ1v) is 11.0. The number of amides is 2. The molecule has 1 aromatic rings. The molecule has 0 aliphatic carbocycles. The summed E-state index contributed by atoms with van der Waals surface area (Å²) in [5, 5.41) is 12.7. The smallest absolute Gasteiger partial charge is 0.320 e. The number of carboxylic acids is 1. The number of methoxy groups -OCH3 is 1. The van der Waals surface area contributed by atoms with Crippen LogP contribution in [0.15, 0.2) is 47.1 Å². The summed E-state index contributed by atoms with van der Waals surface area (Å²) in [5.41, 5.74) is 1.85. The molecule has 3 aliphatic rings. The van der Waals surface area contributed by atoms with E-state index in [2.05, 4.69) is 28.5 Å². The van der Waals surface area contributed by atoms with Crippen LogP contribution in [0.2, 0.25) is 0 Å². The first kappa shape index (κ1) is 21.9. The number of dihydropyridines is 1. The summed E-state index contributed by atoms with van der Waals surface area (Å²) in [4.78, 5) is 36.9. The number of carbonyl (C=O) groups excluding carboxylic acids is 1. The number of aromatic nitrogens is 1. The number of hydrogen-bond donors (Lipinski definition) is 2. The largest absolute Gasteiger partial charge is 0.481 e. The fraction of sp³-hybridized carbons (Fsp3) is 0.478. The van der Waals surface area contributed by atoms with Gasteiger partial charge in [-0.1, -0.05) is 24.3 Å². The third-order valence-corrected chi connectivity index (χ3v) is 6.02. The lowest BCUT2D eigenvalue weighted by Gasteiger charge is -2.27. The predicted molar refractivity (Wildman–Crippen MR) is 120 cm³/mol. The van der Waals surface area contributed by atoms with Gasteiger partial charge in [-0.05, 0) is 24.8 Å². The standard InChI is InChI=1S/C23H29N5O4/c1-32-20-9-7-17(15-25-20)19(14-21(29)30)28-13-12-27(23(28)31)11-3-5-18-8-6-16-4-2-10-24-22(16)26-18/h4,6-9,15,18-19H,2-3,5,10-14H2,1H3,(H,24,26)(H,29,30). The third kappa shape index (κ3) is 4.92. The van der Waals surface area contributed by atoms with Crippen molar-refractivity contribution < 1.29 is 19.4 Å². The topological polar surface area (TPSA) is 107 Å². The number of pyridine rings is 1. The second-order valence-corrected chi connectivity index (χ2v) is 8.13. The van der Waals surface area contributed by atoms with Crippen molar-refractivity contribution in [3.05, 3.63) is 47.7 Å². The average Bonchev–Trinajstić information content (AvgIpc) is 3.17. The Hall–Kier alpha value is -3.36. The molecule has 4 rings (SSSR count). The monoisotopic (exact) mass is 439 g/mol. The van der Waals surface area contributed by atoms with Crippen LogP contribution >= 0.6 is 0 Å². The summed E-state index contributed by atoms with van der Waals surface area (Å²) in [6, 6.07) is 2.89. The molecule has 1 aromatic heterocycles. The number of aliphatic imine (C=N–C) groups is 1. The van der Waals surface area contributed by atoms with Gasteiger partial charge < -0.3 is 25.0 Å². The van der Waals surface area contributed by atoms with Gasteiger partial charge in [-0.15, -0.1) is 0 Å². The summed E-state index contributed by atoms with van der Waals surface area (Å²) in [6.07, 6.45) is 10.6. The highest BCUT2D eigenvalue weighted by atomic mass is 16.5. The van der Waals surface area contributed by atoms with E-state index < -0.39 is 12.0 Å². The van der Waals surface area contributed by atoms with Crippen molar-refractivity contribution in [2.75, 3.05) is 33.3 Å². The maximum absolute atomic E-state index is 13.0. The molecule has 0 saturated carbocycles. The lowest BCUT2D eigenvalue weighted by molar-refractivity contribution is -0.138. The van der Waals surface area contributed by atoms with Gasteiger partial charge in [0.2, 0.25) is 5.88 Å². The predicted octanol–water partition coefficient (Wildman–Crippen LogP) is 2.38. The Kier molecular flexibility index (Phi) is 6.72. The van der Waals surface area contributed by atoms with Gasteiger partial charge in [-0.3, -0.25) is 9.79 Å². The number of carboxylic acid groups (broad SMARTS) is 1. The Morgan fingerprint density at radius 3 is 3.00 bits per heavy atom. The van der Waals surface area contributed by atoms with Crippen LogP contribution in [-0.4, -0.2) is 77.1 Å². The van der Waals surface area contributed by atoms with Crippen LogP contribution < -0.4 is 10.1 Å². The van der Waals surface area contributed by atoms with Gasteiger partial charge in [0, 0.05) is 44.0 Å². The van der Waals surface area contributed by atoms with Gasteiger partial charge >= 0.3 is 12.0 Å². The lowest BCUT2D eigenvalue weighted by Crippen LogP contribution is -2.36. The summed E-state index contributed by atoms with van der Waals surface area (Å²) >= 11 is 0. The van der Waals surface area contributed by atoms with E-state index in [9.17, 15) is 14.7 Å². The van der Waals surface area contributed by atoms with E-state index in [0.29, 0.717) is 31.1 Å². The van der Waals surface area contributed by atoms with Crippen LogP contribution in [0.3, 0.4) is 0 Å². The van der Waals surface area contributed by atoms with Crippen LogP contribution in [0.1, 0.15) is 37.3 Å². The SMILES string of the molecule is COc1ccc(C(CC(=O)O)N2CCN(CCCC3C=CC4=CCCNC4=N3)C2=O)cn1. The normalized spacial score (nSPS) is 20.9. The Labute approximate surface area is 187 Å². The van der Waals surface area contributed by atoms with Crippen LogP contribution in [-0.2, 0) is 4.79 Å². The molecule has 1 fully saturated rings. The third-order valence-electron chi connectivity index (χ3n) is 6.02. The summed E-state index contributed by atoms with van der Waals surface area (Å²) in [6.45, 7) is 2.62. The molecule has 0 radical (unpaired) electrons. The molecule has 4 heterocycles. The number of urea groups is 1. The van der Waals surface area contributed by atoms with E-state index >= 15 is 0 Å². The van der Waals surface area contributed by atoms with Crippen molar-refractivity contribution in [2.45, 2.75) is 37.8 Å². The van der Waals surface area contributed by atoms with Crippen molar-refractivity contribution in [1.82, 2.24) is 20.1 Å². The number of nitrogens with zero attached hydrogens (tertiary/aromatic N) is 4. The molecular formula is C23H29N5O4. The number of amidine groups is 1. The number of fused-ring (bicyclic) bond motifs is 1. The fourth-order valence-corrected chi connectivity index (χ4v) is 4.34. The van der Waals surface area contributed by atoms with Crippen LogP contribution in [0, 0.1) is 0 Å². The number of ether oxygens (including phenoxy) is 1. The van der Waals surface area contributed by atoms with Gasteiger partial charge in [0.1, 0.15) is 5.84 Å². The molecule has 2 amide bonds. The highest BCUT2D eigenvalue weighted by molar-refractivity contribution is 6.02. The van der Waals surface area contributed by atoms with Gasteiger partial charge in [-0.2, -0.15) is 0 Å². The zero-order valence-corrected chi connectivity index (χ0v) is 18.2. The maximum atomic E-state index is 13.0. The van der Waals surface area contributed by atoms with Crippen LogP contribution in [0.25, 0.3) is 0 Å². The quantitative estimate of drug-likeness (QED) is 0.612. The zero-order chi connectivity index (χ0) is 22.5. The molecule has 2 unspecified atom stereocenters. The molecule has 1 saturated heterocycles. The fourth-order valence-electron chi connectivity index (χ4n) is 4.34. The van der Waals surface area contributed by atoms with Gasteiger partial charge in [0.15, 0.2) is 0 Å². The van der Waals surface area contributed by atoms with E-state index in [1.807, 2.05) is 0 Å². The summed E-state index contributed by atoms with van der Waals surface area (Å²) in [5.74, 6) is 0.463. The molecular weight excluding hydrogens is 410 g/mol. The molecule has 170 valence electrons. The van der Waals surface area contributed by atoms with Gasteiger partial charge in [-0.25, -0.2) is 9.78 Å². The van der Waals surface area contributed by atoms with E-state index in [4.69, 9.17) is 9.73 Å². The second-order valence-electron chi connectivity index (χ2n) is 8.13. The van der Waals surface area contributed by atoms with Crippen molar-refractivity contribution >= 4 is 17.8 Å². The molecule has 2 atom stereocenters. The number of aliphatic carboxylic acids is 1. The number of nitrogens with one attached hydrogen (secondary N) is 1. The molecule has 0 bridgehead atoms. The highest BCUT2D eigenvalue weighted by Gasteiger charge is 2.35. The maximum Gasteiger partial charge on any atom is 0.320 e. The van der Waals surface area contributed by atoms with Crippen LogP contribution in [0.5, 0.6) is 5.88 Å². The number of hydrogen-bond acceptors (Lipinski definition) is 6. The summed E-state index contributed by atoms with van der Waals surface area (Å²) in [7, 11) is 1.52. The van der Waals surface area contributed by atoms with E-state index in [1.54, 1.807) is 28.1 Å². The average molecular weight is 440 g/mol. The Bertz CT molecular complexity index is 940. The lowest BCUT2D eigenvalue weighted by atomic mass is 10.0. The number of rotatable bonds is 9. The second kappa shape index (κ2) is 9.84. The molecule has 32 heavy (non-hydrogen) atoms. The van der Waals surface area contributed by atoms with E-state index in [1.165, 1.54) is 7.11 Å². The van der Waals surface area contributed by atoms with Gasteiger partial charge in [0.05, 0.1) is 25.6 Å². The van der Waals surface area contributed by atoms with E-state index in [0.717, 1.165) is 37.2 Å². The molecule has 9 heteroatoms. The Morgan fingerprint density at radius 2 is 2.25 bits per heavy atom. The minimum atomic E-state index is -0.954. The Morgan fingerprint density at radius 1 is 1.38 bits per heavy atom.